The van der Waals surface area contributed by atoms with E-state index in [1.165, 1.54) is 28.4 Å². The fraction of sp³-hybridized carbons (Fsp3) is 0.682. The lowest BCUT2D eigenvalue weighted by molar-refractivity contribution is -0.163. The van der Waals surface area contributed by atoms with Gasteiger partial charge in [-0.2, -0.15) is 0 Å². The topological polar surface area (TPSA) is 177 Å². The third kappa shape index (κ3) is 5.78. The van der Waals surface area contributed by atoms with Gasteiger partial charge in [-0.1, -0.05) is 6.92 Å². The number of hydrogen-bond donors (Lipinski definition) is 5. The second-order valence-electron chi connectivity index (χ2n) is 9.22. The van der Waals surface area contributed by atoms with E-state index in [2.05, 4.69) is 5.32 Å². The van der Waals surface area contributed by atoms with E-state index < -0.39 is 23.9 Å². The molecule has 0 bridgehead atoms. The first-order valence-electron chi connectivity index (χ1n) is 11.5. The molecule has 3 rings (SSSR count). The lowest BCUT2D eigenvalue weighted by Gasteiger charge is -2.46. The normalized spacial score (nSPS) is 28.6. The summed E-state index contributed by atoms with van der Waals surface area (Å²) in [5, 5.41) is 30.7. The smallest absolute Gasteiger partial charge is 0.353 e. The number of aliphatic hydroxyl groups is 1. The van der Waals surface area contributed by atoms with E-state index in [1.807, 2.05) is 11.8 Å². The molecule has 0 aromatic rings. The van der Waals surface area contributed by atoms with Crippen molar-refractivity contribution >= 4 is 53.1 Å². The average Bonchev–Trinajstić information content (AvgIpc) is 3.25. The van der Waals surface area contributed by atoms with E-state index in [0.29, 0.717) is 29.5 Å². The number of primary amides is 1. The number of nitrogens with one attached hydrogen (secondary N) is 2. The third-order valence-electron chi connectivity index (χ3n) is 6.65. The molecule has 13 heteroatoms. The lowest BCUT2D eigenvalue weighted by Crippen LogP contribution is -2.63. The molecule has 3 aliphatic heterocycles. The largest absolute Gasteiger partial charge is 0.477 e. The SMILES string of the molecule is CC(=N)N1C[C@@H](SC2=C(C(=O)O)N3C(=O)[C@H]([C@@H](C)O)[C@H]3[C@H]2C)C[C@H]1CSCC(=O)NCCC(N)=O. The first-order chi connectivity index (χ1) is 16.4. The summed E-state index contributed by atoms with van der Waals surface area (Å²) >= 11 is 2.90. The summed E-state index contributed by atoms with van der Waals surface area (Å²) < 4.78 is 0. The molecule has 11 nitrogen and oxygen atoms in total. The van der Waals surface area contributed by atoms with Gasteiger partial charge in [0, 0.05) is 47.4 Å². The first kappa shape index (κ1) is 27.3. The molecule has 3 amide bonds. The van der Waals surface area contributed by atoms with E-state index in [4.69, 9.17) is 11.1 Å². The van der Waals surface area contributed by atoms with Gasteiger partial charge in [-0.05, 0) is 20.3 Å². The minimum absolute atomic E-state index is 0.0120. The number of rotatable bonds is 11. The maximum absolute atomic E-state index is 12.6. The van der Waals surface area contributed by atoms with Crippen molar-refractivity contribution in [2.45, 2.75) is 57.1 Å². The van der Waals surface area contributed by atoms with Gasteiger partial charge in [-0.25, -0.2) is 4.79 Å². The van der Waals surface area contributed by atoms with Gasteiger partial charge < -0.3 is 31.1 Å². The molecule has 0 saturated carbocycles. The average molecular weight is 528 g/mol. The van der Waals surface area contributed by atoms with Crippen molar-refractivity contribution in [3.05, 3.63) is 10.6 Å². The zero-order valence-electron chi connectivity index (χ0n) is 20.0. The number of likely N-dealkylation sites (tertiary alicyclic amines) is 1. The summed E-state index contributed by atoms with van der Waals surface area (Å²) in [5.41, 5.74) is 5.08. The monoisotopic (exact) mass is 527 g/mol. The van der Waals surface area contributed by atoms with Gasteiger partial charge in [0.25, 0.3) is 0 Å². The van der Waals surface area contributed by atoms with Gasteiger partial charge in [0.15, 0.2) is 0 Å². The predicted molar refractivity (Wildman–Crippen MR) is 134 cm³/mol. The van der Waals surface area contributed by atoms with Crippen molar-refractivity contribution in [3.8, 4) is 0 Å². The molecule has 2 fully saturated rings. The number of thioether (sulfide) groups is 2. The van der Waals surface area contributed by atoms with Gasteiger partial charge in [-0.15, -0.1) is 23.5 Å². The van der Waals surface area contributed by atoms with Crippen LogP contribution in [0.1, 0.15) is 33.6 Å². The number of amidine groups is 1. The fourth-order valence-electron chi connectivity index (χ4n) is 5.05. The van der Waals surface area contributed by atoms with Gasteiger partial charge in [-0.3, -0.25) is 19.8 Å². The first-order valence-corrected chi connectivity index (χ1v) is 13.6. The van der Waals surface area contributed by atoms with Crippen LogP contribution in [0.15, 0.2) is 10.6 Å². The Kier molecular flexibility index (Phi) is 8.76. The van der Waals surface area contributed by atoms with Crippen LogP contribution in [0.25, 0.3) is 0 Å². The molecule has 0 aromatic carbocycles. The number of aliphatic carboxylic acids is 1. The number of carbonyl (C=O) groups excluding carboxylic acids is 3. The molecule has 6 N–H and O–H groups in total. The second-order valence-corrected chi connectivity index (χ2v) is 11.6. The number of carboxylic acids is 1. The van der Waals surface area contributed by atoms with Crippen LogP contribution in [0.4, 0.5) is 0 Å². The predicted octanol–water partition coefficient (Wildman–Crippen LogP) is 0.0382. The van der Waals surface area contributed by atoms with E-state index in [1.54, 1.807) is 13.8 Å². The Bertz CT molecular complexity index is 941. The van der Waals surface area contributed by atoms with Gasteiger partial charge in [0.05, 0.1) is 29.7 Å². The highest BCUT2D eigenvalue weighted by Crippen LogP contribution is 2.52. The number of nitrogens with zero attached hydrogens (tertiary/aromatic N) is 2. The molecule has 2 saturated heterocycles. The Morgan fingerprint density at radius 1 is 1.34 bits per heavy atom. The number of hydrogen-bond acceptors (Lipinski definition) is 8. The highest BCUT2D eigenvalue weighted by atomic mass is 32.2. The minimum Gasteiger partial charge on any atom is -0.477 e. The molecular weight excluding hydrogens is 494 g/mol. The molecule has 35 heavy (non-hydrogen) atoms. The van der Waals surface area contributed by atoms with E-state index in [0.717, 1.165) is 0 Å². The van der Waals surface area contributed by atoms with E-state index >= 15 is 0 Å². The molecule has 3 heterocycles. The maximum Gasteiger partial charge on any atom is 0.353 e. The summed E-state index contributed by atoms with van der Waals surface area (Å²) in [7, 11) is 0. The number of amides is 3. The Balaban J connectivity index is 1.62. The van der Waals surface area contributed by atoms with Crippen LogP contribution in [0.3, 0.4) is 0 Å². The number of β-lactam (4-membered cyclic amide) rings is 1. The molecule has 0 aromatic heterocycles. The van der Waals surface area contributed by atoms with E-state index in [9.17, 15) is 29.4 Å². The van der Waals surface area contributed by atoms with E-state index in [-0.39, 0.29) is 59.5 Å². The van der Waals surface area contributed by atoms with Gasteiger partial charge >= 0.3 is 5.97 Å². The van der Waals surface area contributed by atoms with Crippen LogP contribution in [0, 0.1) is 17.2 Å². The van der Waals surface area contributed by atoms with Crippen molar-refractivity contribution in [2.24, 2.45) is 17.6 Å². The fourth-order valence-corrected chi connectivity index (χ4v) is 7.61. The standard InChI is InChI=1S/C22H33N5O6S2/c1-10-18-17(11(2)28)21(31)27(18)19(22(32)33)20(10)35-14-6-13(26(7-14)12(3)23)8-34-9-16(30)25-5-4-15(24)29/h10-11,13-14,17-18,23,28H,4-9H2,1-3H3,(H2,24,29)(H,25,30)(H,32,33)/t10-,11-,13+,14+,17-,18-/m1/s1. The molecule has 0 aliphatic carbocycles. The zero-order chi connectivity index (χ0) is 26.0. The summed E-state index contributed by atoms with van der Waals surface area (Å²) in [4.78, 5) is 51.3. The van der Waals surface area contributed by atoms with Crippen LogP contribution < -0.4 is 11.1 Å². The summed E-state index contributed by atoms with van der Waals surface area (Å²) in [6.45, 7) is 5.94. The Morgan fingerprint density at radius 2 is 2.03 bits per heavy atom. The number of carboxylic acid groups (broad SMARTS) is 1. The number of nitrogens with two attached hydrogens (primary N) is 1. The molecule has 3 aliphatic rings. The number of carbonyl (C=O) groups is 4. The molecular formula is C22H33N5O6S2. The zero-order valence-corrected chi connectivity index (χ0v) is 21.7. The van der Waals surface area contributed by atoms with Gasteiger partial charge in [0.2, 0.25) is 17.7 Å². The van der Waals surface area contributed by atoms with Crippen molar-refractivity contribution in [1.29, 1.82) is 5.41 Å². The van der Waals surface area contributed by atoms with Gasteiger partial charge in [0.1, 0.15) is 5.70 Å². The highest BCUT2D eigenvalue weighted by Gasteiger charge is 2.60. The van der Waals surface area contributed by atoms with Crippen molar-refractivity contribution in [1.82, 2.24) is 15.1 Å². The molecule has 0 unspecified atom stereocenters. The van der Waals surface area contributed by atoms with Crippen molar-refractivity contribution in [3.63, 3.8) is 0 Å². The van der Waals surface area contributed by atoms with Crippen molar-refractivity contribution in [2.75, 3.05) is 24.6 Å². The van der Waals surface area contributed by atoms with Crippen LogP contribution in [-0.2, 0) is 19.2 Å². The summed E-state index contributed by atoms with van der Waals surface area (Å²) in [6, 6.07) is -0.333. The summed E-state index contributed by atoms with van der Waals surface area (Å²) in [5.74, 6) is -1.70. The molecule has 0 radical (unpaired) electrons. The maximum atomic E-state index is 12.6. The second kappa shape index (κ2) is 11.2. The molecule has 6 atom stereocenters. The summed E-state index contributed by atoms with van der Waals surface area (Å²) in [6.07, 6.45) is -0.0474. The molecule has 0 spiro atoms. The van der Waals surface area contributed by atoms with Crippen LogP contribution >= 0.6 is 23.5 Å². The number of aliphatic hydroxyl groups excluding tert-OH is 1. The lowest BCUT2D eigenvalue weighted by atomic mass is 9.79. The Labute approximate surface area is 212 Å². The third-order valence-corrected chi connectivity index (χ3v) is 9.23. The highest BCUT2D eigenvalue weighted by molar-refractivity contribution is 8.03. The van der Waals surface area contributed by atoms with Crippen molar-refractivity contribution < 1.29 is 29.4 Å². The van der Waals surface area contributed by atoms with Crippen LogP contribution in [0.5, 0.6) is 0 Å². The van der Waals surface area contributed by atoms with Crippen LogP contribution in [0.2, 0.25) is 0 Å². The Hall–Kier alpha value is -2.25. The molecule has 194 valence electrons. The number of fused-ring (bicyclic) bond motifs is 1. The van der Waals surface area contributed by atoms with Crippen LogP contribution in [-0.4, -0.2) is 97.6 Å². The quantitative estimate of drug-likeness (QED) is 0.141. The minimum atomic E-state index is -1.15. The Morgan fingerprint density at radius 3 is 2.60 bits per heavy atom.